The Balaban J connectivity index is 1.67. The zero-order chi connectivity index (χ0) is 14.2. The molecule has 2 unspecified atom stereocenters. The van der Waals surface area contributed by atoms with Crippen LogP contribution in [0.5, 0.6) is 0 Å². The number of nitrogens with zero attached hydrogens (tertiary/aromatic N) is 1. The highest BCUT2D eigenvalue weighted by Crippen LogP contribution is 2.58. The predicted molar refractivity (Wildman–Crippen MR) is 80.5 cm³/mol. The molecular formula is C15H23N3OS. The summed E-state index contributed by atoms with van der Waals surface area (Å²) in [6.45, 7) is 6.30. The summed E-state index contributed by atoms with van der Waals surface area (Å²) in [7, 11) is 0. The first-order valence-electron chi connectivity index (χ1n) is 7.52. The zero-order valence-corrected chi connectivity index (χ0v) is 13.1. The summed E-state index contributed by atoms with van der Waals surface area (Å²) in [5.41, 5.74) is -0.0190. The van der Waals surface area contributed by atoms with E-state index in [2.05, 4.69) is 29.5 Å². The molecule has 1 saturated heterocycles. The van der Waals surface area contributed by atoms with Crippen LogP contribution >= 0.6 is 11.3 Å². The molecule has 0 bridgehead atoms. The fourth-order valence-electron chi connectivity index (χ4n) is 3.34. The Labute approximate surface area is 124 Å². The second-order valence-electron chi connectivity index (χ2n) is 6.38. The van der Waals surface area contributed by atoms with Gasteiger partial charge >= 0.3 is 0 Å². The van der Waals surface area contributed by atoms with E-state index in [4.69, 9.17) is 0 Å². The van der Waals surface area contributed by atoms with Crippen LogP contribution < -0.4 is 10.6 Å². The van der Waals surface area contributed by atoms with Crippen molar-refractivity contribution < 1.29 is 4.79 Å². The fourth-order valence-corrected chi connectivity index (χ4v) is 4.17. The van der Waals surface area contributed by atoms with Gasteiger partial charge < -0.3 is 10.6 Å². The molecule has 0 radical (unpaired) electrons. The van der Waals surface area contributed by atoms with Gasteiger partial charge in [-0.25, -0.2) is 4.98 Å². The Morgan fingerprint density at radius 1 is 1.60 bits per heavy atom. The molecule has 1 aliphatic carbocycles. The summed E-state index contributed by atoms with van der Waals surface area (Å²) in [4.78, 5) is 17.0. The quantitative estimate of drug-likeness (QED) is 0.895. The molecule has 1 aromatic rings. The molecule has 1 aromatic heterocycles. The summed E-state index contributed by atoms with van der Waals surface area (Å²) in [6.07, 6.45) is 6.04. The number of carbonyl (C=O) groups excluding carboxylic acids is 1. The van der Waals surface area contributed by atoms with Crippen molar-refractivity contribution in [3.63, 3.8) is 0 Å². The van der Waals surface area contributed by atoms with Crippen molar-refractivity contribution in [3.05, 3.63) is 16.6 Å². The Hall–Kier alpha value is -0.940. The molecule has 5 heteroatoms. The highest BCUT2D eigenvalue weighted by molar-refractivity contribution is 7.09. The molecule has 20 heavy (non-hydrogen) atoms. The molecule has 2 atom stereocenters. The normalized spacial score (nSPS) is 27.0. The lowest BCUT2D eigenvalue weighted by atomic mass is 9.91. The minimum Gasteiger partial charge on any atom is -0.344 e. The molecule has 1 spiro atoms. The third-order valence-corrected chi connectivity index (χ3v) is 6.15. The predicted octanol–water partition coefficient (Wildman–Crippen LogP) is 2.27. The van der Waals surface area contributed by atoms with E-state index < -0.39 is 0 Å². The third kappa shape index (κ3) is 2.37. The number of hydrogen-bond acceptors (Lipinski definition) is 4. The number of rotatable bonds is 4. The molecule has 4 nitrogen and oxygen atoms in total. The molecule has 1 amide bonds. The van der Waals surface area contributed by atoms with Crippen molar-refractivity contribution >= 4 is 17.2 Å². The van der Waals surface area contributed by atoms with Gasteiger partial charge in [-0.1, -0.05) is 6.92 Å². The van der Waals surface area contributed by atoms with Gasteiger partial charge in [0.15, 0.2) is 0 Å². The number of nitrogens with one attached hydrogen (secondary N) is 2. The highest BCUT2D eigenvalue weighted by Gasteiger charge is 2.58. The maximum Gasteiger partial charge on any atom is 0.224 e. The average Bonchev–Trinajstić information content (AvgIpc) is 2.92. The lowest BCUT2D eigenvalue weighted by molar-refractivity contribution is -0.125. The Bertz CT molecular complexity index is 481. The van der Waals surface area contributed by atoms with Crippen LogP contribution in [-0.2, 0) is 10.3 Å². The average molecular weight is 293 g/mol. The SMILES string of the molecule is CCC(C)(NC(=O)C1CC12CCNCC2)c1nccs1. The van der Waals surface area contributed by atoms with Crippen molar-refractivity contribution in [3.8, 4) is 0 Å². The van der Waals surface area contributed by atoms with E-state index in [9.17, 15) is 4.79 Å². The van der Waals surface area contributed by atoms with Crippen LogP contribution in [0.4, 0.5) is 0 Å². The van der Waals surface area contributed by atoms with E-state index in [1.807, 2.05) is 11.6 Å². The minimum absolute atomic E-state index is 0.218. The number of hydrogen-bond donors (Lipinski definition) is 2. The number of aromatic nitrogens is 1. The van der Waals surface area contributed by atoms with Crippen molar-refractivity contribution in [2.75, 3.05) is 13.1 Å². The summed E-state index contributed by atoms with van der Waals surface area (Å²) >= 11 is 1.62. The topological polar surface area (TPSA) is 54.0 Å². The first kappa shape index (κ1) is 14.0. The van der Waals surface area contributed by atoms with E-state index in [-0.39, 0.29) is 17.4 Å². The van der Waals surface area contributed by atoms with E-state index >= 15 is 0 Å². The zero-order valence-electron chi connectivity index (χ0n) is 12.2. The molecule has 1 aliphatic heterocycles. The number of carbonyl (C=O) groups is 1. The Morgan fingerprint density at radius 2 is 2.35 bits per heavy atom. The van der Waals surface area contributed by atoms with Gasteiger partial charge in [0.2, 0.25) is 5.91 Å². The highest BCUT2D eigenvalue weighted by atomic mass is 32.1. The van der Waals surface area contributed by atoms with Gasteiger partial charge in [-0.3, -0.25) is 4.79 Å². The van der Waals surface area contributed by atoms with E-state index in [0.717, 1.165) is 43.8 Å². The van der Waals surface area contributed by atoms with E-state index in [1.54, 1.807) is 11.3 Å². The van der Waals surface area contributed by atoms with Crippen molar-refractivity contribution in [1.82, 2.24) is 15.6 Å². The smallest absolute Gasteiger partial charge is 0.224 e. The standard InChI is InChI=1S/C15H23N3OS/c1-3-14(2,13-17-8-9-20-13)18-12(19)11-10-15(11)4-6-16-7-5-15/h8-9,11,16H,3-7,10H2,1-2H3,(H,18,19). The van der Waals surface area contributed by atoms with Crippen LogP contribution in [0, 0.1) is 11.3 Å². The second-order valence-corrected chi connectivity index (χ2v) is 7.28. The molecule has 2 aliphatic rings. The molecule has 2 fully saturated rings. The van der Waals surface area contributed by atoms with Crippen molar-refractivity contribution in [2.45, 2.75) is 45.1 Å². The van der Waals surface area contributed by atoms with Gasteiger partial charge in [0.25, 0.3) is 0 Å². The molecular weight excluding hydrogens is 270 g/mol. The molecule has 110 valence electrons. The largest absolute Gasteiger partial charge is 0.344 e. The van der Waals surface area contributed by atoms with E-state index in [0.29, 0.717) is 5.41 Å². The molecule has 2 N–H and O–H groups in total. The van der Waals surface area contributed by atoms with Crippen LogP contribution in [0.1, 0.15) is 44.5 Å². The van der Waals surface area contributed by atoms with Gasteiger partial charge in [-0.2, -0.15) is 0 Å². The molecule has 2 heterocycles. The molecule has 0 aromatic carbocycles. The van der Waals surface area contributed by atoms with Crippen LogP contribution in [0.25, 0.3) is 0 Å². The number of piperidine rings is 1. The number of amides is 1. The van der Waals surface area contributed by atoms with Crippen LogP contribution in [-0.4, -0.2) is 24.0 Å². The van der Waals surface area contributed by atoms with Gasteiger partial charge in [0.1, 0.15) is 5.01 Å². The minimum atomic E-state index is -0.318. The monoisotopic (exact) mass is 293 g/mol. The van der Waals surface area contributed by atoms with Crippen molar-refractivity contribution in [1.29, 1.82) is 0 Å². The molecule has 3 rings (SSSR count). The van der Waals surface area contributed by atoms with Gasteiger partial charge in [0.05, 0.1) is 5.54 Å². The van der Waals surface area contributed by atoms with Crippen molar-refractivity contribution in [2.24, 2.45) is 11.3 Å². The van der Waals surface area contributed by atoms with Crippen LogP contribution in [0.2, 0.25) is 0 Å². The maximum atomic E-state index is 12.6. The summed E-state index contributed by atoms with van der Waals surface area (Å²) < 4.78 is 0. The summed E-state index contributed by atoms with van der Waals surface area (Å²) in [6, 6.07) is 0. The fraction of sp³-hybridized carbons (Fsp3) is 0.733. The Kier molecular flexibility index (Phi) is 3.58. The van der Waals surface area contributed by atoms with Gasteiger partial charge in [-0.05, 0) is 51.1 Å². The first-order valence-corrected chi connectivity index (χ1v) is 8.40. The lowest BCUT2D eigenvalue weighted by Crippen LogP contribution is -2.45. The Morgan fingerprint density at radius 3 is 2.95 bits per heavy atom. The van der Waals surface area contributed by atoms with Crippen LogP contribution in [0.3, 0.4) is 0 Å². The second kappa shape index (κ2) is 5.11. The summed E-state index contributed by atoms with van der Waals surface area (Å²) in [5, 5.41) is 9.63. The summed E-state index contributed by atoms with van der Waals surface area (Å²) in [5.74, 6) is 0.446. The van der Waals surface area contributed by atoms with Crippen LogP contribution in [0.15, 0.2) is 11.6 Å². The molecule has 1 saturated carbocycles. The number of thiazole rings is 1. The van der Waals surface area contributed by atoms with Gasteiger partial charge in [0, 0.05) is 17.5 Å². The van der Waals surface area contributed by atoms with Gasteiger partial charge in [-0.15, -0.1) is 11.3 Å². The lowest BCUT2D eigenvalue weighted by Gasteiger charge is -2.29. The third-order valence-electron chi connectivity index (χ3n) is 5.12. The van der Waals surface area contributed by atoms with E-state index in [1.165, 1.54) is 0 Å². The maximum absolute atomic E-state index is 12.6. The first-order chi connectivity index (χ1) is 9.60.